The number of rotatable bonds is 6. The van der Waals surface area contributed by atoms with E-state index in [0.29, 0.717) is 31.5 Å². The first kappa shape index (κ1) is 21.6. The number of benzene rings is 2. The Kier molecular flexibility index (Phi) is 7.22. The van der Waals surface area contributed by atoms with Gasteiger partial charge in [-0.2, -0.15) is 0 Å². The van der Waals surface area contributed by atoms with Gasteiger partial charge in [0.15, 0.2) is 0 Å². The maximum atomic E-state index is 13.0. The molecule has 2 aromatic rings. The van der Waals surface area contributed by atoms with Crippen LogP contribution in [0.3, 0.4) is 0 Å². The first-order chi connectivity index (χ1) is 14.5. The van der Waals surface area contributed by atoms with Crippen molar-refractivity contribution in [3.63, 3.8) is 0 Å². The fraction of sp³-hybridized carbons (Fsp3) is 0.375. The molecule has 1 unspecified atom stereocenters. The molecular formula is C24H29N3O3. The lowest BCUT2D eigenvalue weighted by molar-refractivity contribution is -0.139. The minimum atomic E-state index is -0.410. The van der Waals surface area contributed by atoms with Gasteiger partial charge in [0.25, 0.3) is 5.91 Å². The largest absolute Gasteiger partial charge is 0.349 e. The van der Waals surface area contributed by atoms with Crippen molar-refractivity contribution >= 4 is 17.7 Å². The van der Waals surface area contributed by atoms with Crippen LogP contribution in [0.1, 0.15) is 41.2 Å². The topological polar surface area (TPSA) is 69.7 Å². The van der Waals surface area contributed by atoms with Crippen molar-refractivity contribution in [3.8, 4) is 0 Å². The molecule has 0 aliphatic carbocycles. The lowest BCUT2D eigenvalue weighted by Gasteiger charge is -2.33. The summed E-state index contributed by atoms with van der Waals surface area (Å²) in [6.07, 6.45) is 1.54. The summed E-state index contributed by atoms with van der Waals surface area (Å²) in [4.78, 5) is 41.3. The van der Waals surface area contributed by atoms with Crippen molar-refractivity contribution < 1.29 is 14.4 Å². The summed E-state index contributed by atoms with van der Waals surface area (Å²) < 4.78 is 0. The van der Waals surface area contributed by atoms with Crippen LogP contribution in [-0.4, -0.2) is 54.7 Å². The fourth-order valence-corrected chi connectivity index (χ4v) is 3.81. The Morgan fingerprint density at radius 3 is 2.10 bits per heavy atom. The summed E-state index contributed by atoms with van der Waals surface area (Å²) >= 11 is 0. The van der Waals surface area contributed by atoms with E-state index < -0.39 is 6.04 Å². The van der Waals surface area contributed by atoms with Gasteiger partial charge < -0.3 is 15.1 Å². The summed E-state index contributed by atoms with van der Waals surface area (Å²) in [5, 5.41) is 3.01. The molecule has 1 fully saturated rings. The molecular weight excluding hydrogens is 378 g/mol. The van der Waals surface area contributed by atoms with Crippen molar-refractivity contribution in [2.75, 3.05) is 27.2 Å². The van der Waals surface area contributed by atoms with Crippen LogP contribution in [0, 0.1) is 5.92 Å². The minimum Gasteiger partial charge on any atom is -0.349 e. The monoisotopic (exact) mass is 407 g/mol. The van der Waals surface area contributed by atoms with Crippen LogP contribution in [0.15, 0.2) is 60.7 Å². The molecule has 2 aromatic carbocycles. The van der Waals surface area contributed by atoms with Crippen molar-refractivity contribution in [1.82, 2.24) is 15.1 Å². The Morgan fingerprint density at radius 1 is 0.967 bits per heavy atom. The van der Waals surface area contributed by atoms with Crippen LogP contribution in [-0.2, 0) is 9.59 Å². The number of nitrogens with one attached hydrogen (secondary N) is 1. The Balaban J connectivity index is 1.66. The van der Waals surface area contributed by atoms with Crippen LogP contribution in [0.4, 0.5) is 0 Å². The summed E-state index contributed by atoms with van der Waals surface area (Å²) in [5.41, 5.74) is 1.46. The van der Waals surface area contributed by atoms with E-state index in [1.54, 1.807) is 31.1 Å². The van der Waals surface area contributed by atoms with Crippen molar-refractivity contribution in [2.24, 2.45) is 5.92 Å². The van der Waals surface area contributed by atoms with Gasteiger partial charge in [-0.3, -0.25) is 14.4 Å². The average Bonchev–Trinajstić information content (AvgIpc) is 2.79. The number of piperidine rings is 1. The molecule has 1 atom stereocenters. The number of hydrogen-bond acceptors (Lipinski definition) is 3. The summed E-state index contributed by atoms with van der Waals surface area (Å²) in [5.74, 6) is -0.105. The van der Waals surface area contributed by atoms with Gasteiger partial charge in [0.2, 0.25) is 11.8 Å². The van der Waals surface area contributed by atoms with Crippen LogP contribution in [0.25, 0.3) is 0 Å². The first-order valence-corrected chi connectivity index (χ1v) is 10.4. The van der Waals surface area contributed by atoms with E-state index in [-0.39, 0.29) is 30.1 Å². The third kappa shape index (κ3) is 5.47. The number of carbonyl (C=O) groups excluding carboxylic acids is 3. The zero-order valence-electron chi connectivity index (χ0n) is 17.6. The molecule has 0 spiro atoms. The van der Waals surface area contributed by atoms with Gasteiger partial charge in [0.1, 0.15) is 0 Å². The van der Waals surface area contributed by atoms with E-state index in [1.807, 2.05) is 53.4 Å². The molecule has 0 radical (unpaired) electrons. The second kappa shape index (κ2) is 10.1. The molecule has 0 aromatic heterocycles. The van der Waals surface area contributed by atoms with Crippen molar-refractivity contribution in [1.29, 1.82) is 0 Å². The molecule has 3 rings (SSSR count). The molecule has 0 bridgehead atoms. The zero-order chi connectivity index (χ0) is 21.5. The molecule has 158 valence electrons. The zero-order valence-corrected chi connectivity index (χ0v) is 17.6. The first-order valence-electron chi connectivity index (χ1n) is 10.4. The van der Waals surface area contributed by atoms with Crippen LogP contribution in [0.5, 0.6) is 0 Å². The third-order valence-electron chi connectivity index (χ3n) is 5.56. The van der Waals surface area contributed by atoms with Gasteiger partial charge in [0.05, 0.1) is 12.5 Å². The Morgan fingerprint density at radius 2 is 1.53 bits per heavy atom. The number of hydrogen-bond donors (Lipinski definition) is 1. The van der Waals surface area contributed by atoms with Crippen LogP contribution < -0.4 is 5.32 Å². The smallest absolute Gasteiger partial charge is 0.251 e. The maximum Gasteiger partial charge on any atom is 0.251 e. The number of nitrogens with zero attached hydrogens (tertiary/aromatic N) is 2. The molecule has 1 N–H and O–H groups in total. The summed E-state index contributed by atoms with van der Waals surface area (Å²) in [7, 11) is 3.53. The molecule has 3 amide bonds. The van der Waals surface area contributed by atoms with Gasteiger partial charge in [-0.25, -0.2) is 0 Å². The van der Waals surface area contributed by atoms with E-state index in [9.17, 15) is 14.4 Å². The fourth-order valence-electron chi connectivity index (χ4n) is 3.81. The van der Waals surface area contributed by atoms with Crippen molar-refractivity contribution in [2.45, 2.75) is 25.3 Å². The Bertz CT molecular complexity index is 860. The van der Waals surface area contributed by atoms with E-state index in [4.69, 9.17) is 0 Å². The molecule has 30 heavy (non-hydrogen) atoms. The summed E-state index contributed by atoms with van der Waals surface area (Å²) in [6.45, 7) is 1.13. The maximum absolute atomic E-state index is 13.0. The van der Waals surface area contributed by atoms with E-state index in [0.717, 1.165) is 5.56 Å². The predicted molar refractivity (Wildman–Crippen MR) is 116 cm³/mol. The molecule has 6 heteroatoms. The SMILES string of the molecule is CN(C)C(=O)C1CCN(C(=O)CC(NC(=O)c2ccccc2)c2ccccc2)CC1. The Labute approximate surface area is 177 Å². The predicted octanol–water partition coefficient (Wildman–Crippen LogP) is 2.87. The number of amides is 3. The van der Waals surface area contributed by atoms with Gasteiger partial charge in [-0.1, -0.05) is 48.5 Å². The van der Waals surface area contributed by atoms with Gasteiger partial charge in [-0.05, 0) is 30.5 Å². The standard InChI is InChI=1S/C24H29N3O3/c1-26(2)24(30)20-13-15-27(16-14-20)22(28)17-21(18-9-5-3-6-10-18)25-23(29)19-11-7-4-8-12-19/h3-12,20-21H,13-17H2,1-2H3,(H,25,29). The summed E-state index contributed by atoms with van der Waals surface area (Å²) in [6, 6.07) is 18.2. The van der Waals surface area contributed by atoms with Crippen molar-refractivity contribution in [3.05, 3.63) is 71.8 Å². The van der Waals surface area contributed by atoms with Crippen LogP contribution >= 0.6 is 0 Å². The lowest BCUT2D eigenvalue weighted by Crippen LogP contribution is -2.44. The molecule has 1 aliphatic heterocycles. The number of likely N-dealkylation sites (tertiary alicyclic amines) is 1. The second-order valence-electron chi connectivity index (χ2n) is 7.89. The minimum absolute atomic E-state index is 0.00651. The highest BCUT2D eigenvalue weighted by Gasteiger charge is 2.29. The molecule has 1 aliphatic rings. The van der Waals surface area contributed by atoms with Gasteiger partial charge in [0, 0.05) is 38.7 Å². The molecule has 0 saturated carbocycles. The highest BCUT2D eigenvalue weighted by atomic mass is 16.2. The lowest BCUT2D eigenvalue weighted by atomic mass is 9.94. The molecule has 1 heterocycles. The third-order valence-corrected chi connectivity index (χ3v) is 5.56. The normalized spacial score (nSPS) is 15.3. The second-order valence-corrected chi connectivity index (χ2v) is 7.89. The van der Waals surface area contributed by atoms with Gasteiger partial charge >= 0.3 is 0 Å². The highest BCUT2D eigenvalue weighted by Crippen LogP contribution is 2.23. The highest BCUT2D eigenvalue weighted by molar-refractivity contribution is 5.94. The van der Waals surface area contributed by atoms with E-state index >= 15 is 0 Å². The van der Waals surface area contributed by atoms with Crippen LogP contribution in [0.2, 0.25) is 0 Å². The molecule has 1 saturated heterocycles. The Hall–Kier alpha value is -3.15. The average molecular weight is 408 g/mol. The van der Waals surface area contributed by atoms with Gasteiger partial charge in [-0.15, -0.1) is 0 Å². The van der Waals surface area contributed by atoms with E-state index in [1.165, 1.54) is 0 Å². The molecule has 6 nitrogen and oxygen atoms in total. The number of carbonyl (C=O) groups is 3. The van der Waals surface area contributed by atoms with E-state index in [2.05, 4.69) is 5.32 Å². The quantitative estimate of drug-likeness (QED) is 0.801.